The first-order valence-electron chi connectivity index (χ1n) is 8.65. The van der Waals surface area contributed by atoms with Gasteiger partial charge in [0.05, 0.1) is 10.6 Å². The number of piperidine rings is 1. The Morgan fingerprint density at radius 3 is 2.65 bits per heavy atom. The Morgan fingerprint density at radius 1 is 1.17 bits per heavy atom. The molecule has 2 fully saturated rings. The van der Waals surface area contributed by atoms with E-state index in [0.717, 1.165) is 51.6 Å². The molecule has 0 spiro atoms. The number of nitrogens with zero attached hydrogens (tertiary/aromatic N) is 3. The van der Waals surface area contributed by atoms with Crippen molar-refractivity contribution in [1.29, 1.82) is 0 Å². The molecule has 122 valence electrons. The van der Waals surface area contributed by atoms with Crippen LogP contribution in [0.2, 0.25) is 0 Å². The van der Waals surface area contributed by atoms with Crippen LogP contribution in [0.25, 0.3) is 10.2 Å². The lowest BCUT2D eigenvalue weighted by atomic mass is 10.0. The molecular formula is C18H23N3OS. The fraction of sp³-hybridized carbons (Fsp3) is 0.611. The SMILES string of the molecule is Cc1nc(C2CC2)nc2sc(C(=O)N3CCCC[C@H]3C)c(C)c12. The molecule has 0 N–H and O–H groups in total. The highest BCUT2D eigenvalue weighted by Gasteiger charge is 2.30. The number of likely N-dealkylation sites (tertiary alicyclic amines) is 1. The first kappa shape index (κ1) is 15.1. The van der Waals surface area contributed by atoms with Gasteiger partial charge in [0.25, 0.3) is 5.91 Å². The van der Waals surface area contributed by atoms with E-state index in [1.54, 1.807) is 11.3 Å². The topological polar surface area (TPSA) is 46.1 Å². The van der Waals surface area contributed by atoms with Crippen molar-refractivity contribution in [2.45, 2.75) is 64.8 Å². The van der Waals surface area contributed by atoms with Gasteiger partial charge in [-0.3, -0.25) is 4.79 Å². The summed E-state index contributed by atoms with van der Waals surface area (Å²) >= 11 is 1.56. The summed E-state index contributed by atoms with van der Waals surface area (Å²) in [5.41, 5.74) is 2.09. The summed E-state index contributed by atoms with van der Waals surface area (Å²) in [5.74, 6) is 1.70. The van der Waals surface area contributed by atoms with E-state index in [4.69, 9.17) is 9.97 Å². The minimum Gasteiger partial charge on any atom is -0.335 e. The van der Waals surface area contributed by atoms with Gasteiger partial charge in [0.2, 0.25) is 0 Å². The summed E-state index contributed by atoms with van der Waals surface area (Å²) < 4.78 is 0. The van der Waals surface area contributed by atoms with Crippen molar-refractivity contribution in [2.24, 2.45) is 0 Å². The van der Waals surface area contributed by atoms with Gasteiger partial charge in [-0.25, -0.2) is 9.97 Å². The van der Waals surface area contributed by atoms with Crippen molar-refractivity contribution in [3.8, 4) is 0 Å². The molecule has 3 heterocycles. The van der Waals surface area contributed by atoms with E-state index in [0.29, 0.717) is 12.0 Å². The molecule has 1 saturated heterocycles. The second-order valence-electron chi connectivity index (χ2n) is 7.02. The Balaban J connectivity index is 1.76. The smallest absolute Gasteiger partial charge is 0.264 e. The lowest BCUT2D eigenvalue weighted by Crippen LogP contribution is -2.41. The number of hydrogen-bond acceptors (Lipinski definition) is 4. The Kier molecular flexibility index (Phi) is 3.63. The van der Waals surface area contributed by atoms with Crippen LogP contribution in [0.4, 0.5) is 0 Å². The minimum absolute atomic E-state index is 0.185. The summed E-state index contributed by atoms with van der Waals surface area (Å²) in [6.07, 6.45) is 5.86. The Morgan fingerprint density at radius 2 is 1.96 bits per heavy atom. The number of carbonyl (C=O) groups is 1. The Bertz CT molecular complexity index is 778. The van der Waals surface area contributed by atoms with Gasteiger partial charge in [0.15, 0.2) is 0 Å². The zero-order valence-electron chi connectivity index (χ0n) is 14.1. The van der Waals surface area contributed by atoms with E-state index >= 15 is 0 Å². The molecule has 2 aliphatic rings. The van der Waals surface area contributed by atoms with Crippen molar-refractivity contribution in [3.63, 3.8) is 0 Å². The molecule has 1 amide bonds. The summed E-state index contributed by atoms with van der Waals surface area (Å²) in [4.78, 5) is 26.4. The van der Waals surface area contributed by atoms with Gasteiger partial charge in [-0.1, -0.05) is 0 Å². The summed E-state index contributed by atoms with van der Waals surface area (Å²) in [6, 6.07) is 0.343. The van der Waals surface area contributed by atoms with Gasteiger partial charge in [-0.05, 0) is 58.4 Å². The largest absolute Gasteiger partial charge is 0.335 e. The quantitative estimate of drug-likeness (QED) is 0.829. The van der Waals surface area contributed by atoms with Gasteiger partial charge in [-0.15, -0.1) is 11.3 Å². The van der Waals surface area contributed by atoms with Gasteiger partial charge in [0, 0.05) is 23.9 Å². The molecule has 23 heavy (non-hydrogen) atoms. The molecule has 0 unspecified atom stereocenters. The van der Waals surface area contributed by atoms with Crippen molar-refractivity contribution >= 4 is 27.5 Å². The number of thiophene rings is 1. The van der Waals surface area contributed by atoms with Crippen LogP contribution in [0.15, 0.2) is 0 Å². The van der Waals surface area contributed by atoms with Crippen LogP contribution in [-0.2, 0) is 0 Å². The lowest BCUT2D eigenvalue weighted by molar-refractivity contribution is 0.0640. The molecular weight excluding hydrogens is 306 g/mol. The molecule has 0 radical (unpaired) electrons. The third kappa shape index (κ3) is 2.55. The predicted molar refractivity (Wildman–Crippen MR) is 93.2 cm³/mol. The van der Waals surface area contributed by atoms with Crippen LogP contribution in [0.1, 0.15) is 71.7 Å². The van der Waals surface area contributed by atoms with Crippen LogP contribution < -0.4 is 0 Å². The zero-order valence-corrected chi connectivity index (χ0v) is 14.9. The molecule has 0 aromatic carbocycles. The number of rotatable bonds is 2. The lowest BCUT2D eigenvalue weighted by Gasteiger charge is -2.33. The number of carbonyl (C=O) groups excluding carboxylic acids is 1. The molecule has 4 nitrogen and oxygen atoms in total. The standard InChI is InChI=1S/C18H23N3OS/c1-10-6-4-5-9-21(10)18(22)15-11(2)14-12(3)19-16(13-7-8-13)20-17(14)23-15/h10,13H,4-9H2,1-3H3/t10-/m1/s1. The highest BCUT2D eigenvalue weighted by Crippen LogP contribution is 2.40. The molecule has 1 atom stereocenters. The van der Waals surface area contributed by atoms with Crippen LogP contribution in [0.3, 0.4) is 0 Å². The summed E-state index contributed by atoms with van der Waals surface area (Å²) in [7, 11) is 0. The second-order valence-corrected chi connectivity index (χ2v) is 8.02. The fourth-order valence-corrected chi connectivity index (χ4v) is 4.81. The van der Waals surface area contributed by atoms with Gasteiger partial charge >= 0.3 is 0 Å². The van der Waals surface area contributed by atoms with E-state index in [1.165, 1.54) is 19.3 Å². The Hall–Kier alpha value is -1.49. The number of hydrogen-bond donors (Lipinski definition) is 0. The fourth-order valence-electron chi connectivity index (χ4n) is 3.62. The molecule has 1 aliphatic carbocycles. The van der Waals surface area contributed by atoms with E-state index < -0.39 is 0 Å². The first-order valence-corrected chi connectivity index (χ1v) is 9.46. The molecule has 5 heteroatoms. The minimum atomic E-state index is 0.185. The van der Waals surface area contributed by atoms with E-state index in [2.05, 4.69) is 6.92 Å². The molecule has 2 aromatic rings. The molecule has 0 bridgehead atoms. The molecule has 1 aliphatic heterocycles. The molecule has 1 saturated carbocycles. The van der Waals surface area contributed by atoms with Crippen LogP contribution in [0, 0.1) is 13.8 Å². The van der Waals surface area contributed by atoms with Gasteiger partial charge in [-0.2, -0.15) is 0 Å². The van der Waals surface area contributed by atoms with E-state index in [1.807, 2.05) is 18.7 Å². The third-order valence-corrected chi connectivity index (χ3v) is 6.36. The maximum absolute atomic E-state index is 13.0. The summed E-state index contributed by atoms with van der Waals surface area (Å²) in [5, 5.41) is 1.09. The number of aryl methyl sites for hydroxylation is 2. The van der Waals surface area contributed by atoms with Crippen molar-refractivity contribution in [3.05, 3.63) is 22.0 Å². The zero-order chi connectivity index (χ0) is 16.1. The molecule has 4 rings (SSSR count). The summed E-state index contributed by atoms with van der Waals surface area (Å²) in [6.45, 7) is 7.14. The normalized spacial score (nSPS) is 21.9. The second kappa shape index (κ2) is 5.55. The molecule has 2 aromatic heterocycles. The van der Waals surface area contributed by atoms with Crippen molar-refractivity contribution < 1.29 is 4.79 Å². The average molecular weight is 329 g/mol. The number of aromatic nitrogens is 2. The first-order chi connectivity index (χ1) is 11.1. The highest BCUT2D eigenvalue weighted by atomic mass is 32.1. The maximum atomic E-state index is 13.0. The van der Waals surface area contributed by atoms with Gasteiger partial charge < -0.3 is 4.90 Å². The number of fused-ring (bicyclic) bond motifs is 1. The van der Waals surface area contributed by atoms with E-state index in [-0.39, 0.29) is 5.91 Å². The monoisotopic (exact) mass is 329 g/mol. The van der Waals surface area contributed by atoms with Gasteiger partial charge in [0.1, 0.15) is 10.7 Å². The van der Waals surface area contributed by atoms with E-state index in [9.17, 15) is 4.79 Å². The van der Waals surface area contributed by atoms with Crippen LogP contribution in [-0.4, -0.2) is 33.4 Å². The Labute approximate surface area is 140 Å². The predicted octanol–water partition coefficient (Wildman–Crippen LogP) is 4.20. The van der Waals surface area contributed by atoms with Crippen molar-refractivity contribution in [1.82, 2.24) is 14.9 Å². The van der Waals surface area contributed by atoms with Crippen LogP contribution >= 0.6 is 11.3 Å². The average Bonchev–Trinajstić information content (AvgIpc) is 3.31. The number of amides is 1. The maximum Gasteiger partial charge on any atom is 0.264 e. The van der Waals surface area contributed by atoms with Crippen molar-refractivity contribution in [2.75, 3.05) is 6.54 Å². The van der Waals surface area contributed by atoms with Crippen LogP contribution in [0.5, 0.6) is 0 Å². The highest BCUT2D eigenvalue weighted by molar-refractivity contribution is 7.20. The third-order valence-electron chi connectivity index (χ3n) is 5.19.